The van der Waals surface area contributed by atoms with Crippen LogP contribution < -0.4 is 19.5 Å². The van der Waals surface area contributed by atoms with Gasteiger partial charge >= 0.3 is 0 Å². The molecule has 0 spiro atoms. The Morgan fingerprint density at radius 1 is 1.14 bits per heavy atom. The minimum absolute atomic E-state index is 0.0737. The molecular weight excluding hydrogens is 338 g/mol. The fourth-order valence-corrected chi connectivity index (χ4v) is 2.11. The van der Waals surface area contributed by atoms with Crippen LogP contribution in [0.3, 0.4) is 0 Å². The highest BCUT2D eigenvalue weighted by Gasteiger charge is 2.14. The monoisotopic (exact) mass is 349 g/mol. The molecule has 3 rings (SSSR count). The zero-order valence-electron chi connectivity index (χ0n) is 11.0. The largest absolute Gasteiger partial charge is 0.484 e. The molecule has 0 atom stereocenters. The molecule has 1 aliphatic heterocycles. The van der Waals surface area contributed by atoms with Crippen LogP contribution in [0.2, 0.25) is 0 Å². The molecule has 1 aliphatic rings. The van der Waals surface area contributed by atoms with Gasteiger partial charge in [-0.15, -0.1) is 0 Å². The lowest BCUT2D eigenvalue weighted by molar-refractivity contribution is -0.118. The van der Waals surface area contributed by atoms with Gasteiger partial charge in [0.05, 0.1) is 0 Å². The van der Waals surface area contributed by atoms with E-state index in [4.69, 9.17) is 14.2 Å². The van der Waals surface area contributed by atoms with Crippen LogP contribution in [0.15, 0.2) is 46.9 Å². The van der Waals surface area contributed by atoms with E-state index in [0.717, 1.165) is 10.2 Å². The highest BCUT2D eigenvalue weighted by atomic mass is 79.9. The minimum atomic E-state index is -0.227. The number of hydrogen-bond acceptors (Lipinski definition) is 4. The summed E-state index contributed by atoms with van der Waals surface area (Å²) < 4.78 is 16.8. The predicted molar refractivity (Wildman–Crippen MR) is 80.8 cm³/mol. The summed E-state index contributed by atoms with van der Waals surface area (Å²) in [7, 11) is 0. The molecule has 1 N–H and O–H groups in total. The van der Waals surface area contributed by atoms with Crippen molar-refractivity contribution >= 4 is 27.5 Å². The average molecular weight is 350 g/mol. The quantitative estimate of drug-likeness (QED) is 0.920. The Kier molecular flexibility index (Phi) is 3.96. The summed E-state index contributed by atoms with van der Waals surface area (Å²) in [6.45, 7) is 0.137. The van der Waals surface area contributed by atoms with Crippen molar-refractivity contribution in [2.75, 3.05) is 18.7 Å². The van der Waals surface area contributed by atoms with Crippen LogP contribution in [0.4, 0.5) is 5.69 Å². The zero-order valence-corrected chi connectivity index (χ0v) is 12.6. The summed E-state index contributed by atoms with van der Waals surface area (Å²) >= 11 is 3.34. The molecule has 0 bridgehead atoms. The number of hydrogen-bond donors (Lipinski definition) is 1. The summed E-state index contributed by atoms with van der Waals surface area (Å²) in [5, 5.41) is 2.75. The van der Waals surface area contributed by atoms with Crippen molar-refractivity contribution in [3.8, 4) is 17.2 Å². The first-order chi connectivity index (χ1) is 10.2. The van der Waals surface area contributed by atoms with Gasteiger partial charge in [0.25, 0.3) is 5.91 Å². The topological polar surface area (TPSA) is 56.8 Å². The number of nitrogens with one attached hydrogen (secondary N) is 1. The number of amides is 1. The van der Waals surface area contributed by atoms with E-state index in [9.17, 15) is 4.79 Å². The number of fused-ring (bicyclic) bond motifs is 1. The molecule has 0 aromatic heterocycles. The number of carbonyl (C=O) groups excluding carboxylic acids is 1. The molecule has 1 amide bonds. The van der Waals surface area contributed by atoms with Gasteiger partial charge in [0.15, 0.2) is 18.1 Å². The maximum Gasteiger partial charge on any atom is 0.262 e. The Balaban J connectivity index is 1.55. The standard InChI is InChI=1S/C15H12BrNO4/c16-10-1-3-11(4-2-10)17-15(18)8-19-12-5-6-13-14(7-12)21-9-20-13/h1-7H,8-9H2,(H,17,18). The Bertz CT molecular complexity index is 657. The molecule has 0 saturated heterocycles. The van der Waals surface area contributed by atoms with Crippen molar-refractivity contribution < 1.29 is 19.0 Å². The summed E-state index contributed by atoms with van der Waals surface area (Å²) in [5.41, 5.74) is 0.720. The molecular formula is C15H12BrNO4. The van der Waals surface area contributed by atoms with Crippen LogP contribution in [0.25, 0.3) is 0 Å². The molecule has 0 fully saturated rings. The average Bonchev–Trinajstić information content (AvgIpc) is 2.95. The van der Waals surface area contributed by atoms with E-state index in [-0.39, 0.29) is 19.3 Å². The Labute approximate surface area is 129 Å². The van der Waals surface area contributed by atoms with E-state index in [2.05, 4.69) is 21.2 Å². The van der Waals surface area contributed by atoms with Crippen LogP contribution in [0, 0.1) is 0 Å². The molecule has 2 aromatic carbocycles. The maximum atomic E-state index is 11.8. The van der Waals surface area contributed by atoms with Gasteiger partial charge in [-0.05, 0) is 36.4 Å². The Morgan fingerprint density at radius 2 is 1.90 bits per heavy atom. The molecule has 0 saturated carbocycles. The first-order valence-electron chi connectivity index (χ1n) is 6.28. The second kappa shape index (κ2) is 6.05. The van der Waals surface area contributed by atoms with Gasteiger partial charge in [0.1, 0.15) is 5.75 Å². The highest BCUT2D eigenvalue weighted by Crippen LogP contribution is 2.35. The normalized spacial score (nSPS) is 12.0. The number of carbonyl (C=O) groups is 1. The fraction of sp³-hybridized carbons (Fsp3) is 0.133. The van der Waals surface area contributed by atoms with Gasteiger partial charge in [-0.25, -0.2) is 0 Å². The van der Waals surface area contributed by atoms with Crippen LogP contribution >= 0.6 is 15.9 Å². The van der Waals surface area contributed by atoms with Gasteiger partial charge in [-0.2, -0.15) is 0 Å². The second-order valence-corrected chi connectivity index (χ2v) is 5.27. The summed E-state index contributed by atoms with van der Waals surface area (Å²) in [5.74, 6) is 1.64. The van der Waals surface area contributed by atoms with Crippen LogP contribution in [-0.2, 0) is 4.79 Å². The van der Waals surface area contributed by atoms with E-state index in [1.165, 1.54) is 0 Å². The maximum absolute atomic E-state index is 11.8. The Morgan fingerprint density at radius 3 is 2.71 bits per heavy atom. The molecule has 1 heterocycles. The van der Waals surface area contributed by atoms with Crippen molar-refractivity contribution in [3.05, 3.63) is 46.9 Å². The van der Waals surface area contributed by atoms with E-state index in [0.29, 0.717) is 17.2 Å². The van der Waals surface area contributed by atoms with Gasteiger partial charge in [-0.1, -0.05) is 15.9 Å². The molecule has 2 aromatic rings. The molecule has 5 nitrogen and oxygen atoms in total. The van der Waals surface area contributed by atoms with Crippen LogP contribution in [-0.4, -0.2) is 19.3 Å². The number of benzene rings is 2. The molecule has 6 heteroatoms. The SMILES string of the molecule is O=C(COc1ccc2c(c1)OCO2)Nc1ccc(Br)cc1. The Hall–Kier alpha value is -2.21. The van der Waals surface area contributed by atoms with E-state index >= 15 is 0 Å². The fourth-order valence-electron chi connectivity index (χ4n) is 1.85. The van der Waals surface area contributed by atoms with Crippen LogP contribution in [0.5, 0.6) is 17.2 Å². The number of halogens is 1. The molecule has 0 radical (unpaired) electrons. The third-order valence-electron chi connectivity index (χ3n) is 2.84. The number of rotatable bonds is 4. The van der Waals surface area contributed by atoms with Crippen molar-refractivity contribution in [2.45, 2.75) is 0 Å². The molecule has 0 aliphatic carbocycles. The first-order valence-corrected chi connectivity index (χ1v) is 7.08. The third kappa shape index (κ3) is 3.46. The van der Waals surface area contributed by atoms with Crippen molar-refractivity contribution in [1.82, 2.24) is 0 Å². The first kappa shape index (κ1) is 13.8. The van der Waals surface area contributed by atoms with E-state index in [1.807, 2.05) is 24.3 Å². The minimum Gasteiger partial charge on any atom is -0.484 e. The highest BCUT2D eigenvalue weighted by molar-refractivity contribution is 9.10. The van der Waals surface area contributed by atoms with E-state index < -0.39 is 0 Å². The second-order valence-electron chi connectivity index (χ2n) is 4.36. The van der Waals surface area contributed by atoms with E-state index in [1.54, 1.807) is 18.2 Å². The molecule has 0 unspecified atom stereocenters. The summed E-state index contributed by atoms with van der Waals surface area (Å²) in [6, 6.07) is 12.5. The lowest BCUT2D eigenvalue weighted by Gasteiger charge is -2.08. The number of anilines is 1. The lowest BCUT2D eigenvalue weighted by Crippen LogP contribution is -2.20. The smallest absolute Gasteiger partial charge is 0.262 e. The van der Waals surface area contributed by atoms with Gasteiger partial charge in [0, 0.05) is 16.2 Å². The zero-order chi connectivity index (χ0) is 14.7. The van der Waals surface area contributed by atoms with Crippen molar-refractivity contribution in [1.29, 1.82) is 0 Å². The van der Waals surface area contributed by atoms with Gasteiger partial charge < -0.3 is 19.5 Å². The molecule has 108 valence electrons. The summed E-state index contributed by atoms with van der Waals surface area (Å²) in [4.78, 5) is 11.8. The number of ether oxygens (including phenoxy) is 3. The molecule has 21 heavy (non-hydrogen) atoms. The van der Waals surface area contributed by atoms with Gasteiger partial charge in [-0.3, -0.25) is 4.79 Å². The summed E-state index contributed by atoms with van der Waals surface area (Å²) in [6.07, 6.45) is 0. The van der Waals surface area contributed by atoms with Crippen molar-refractivity contribution in [2.24, 2.45) is 0 Å². The van der Waals surface area contributed by atoms with Crippen molar-refractivity contribution in [3.63, 3.8) is 0 Å². The predicted octanol–water partition coefficient (Wildman–Crippen LogP) is 3.20. The lowest BCUT2D eigenvalue weighted by atomic mass is 10.3. The third-order valence-corrected chi connectivity index (χ3v) is 3.37. The van der Waals surface area contributed by atoms with Crippen LogP contribution in [0.1, 0.15) is 0 Å². The van der Waals surface area contributed by atoms with Gasteiger partial charge in [0.2, 0.25) is 6.79 Å².